The second-order valence-electron chi connectivity index (χ2n) is 5.28. The van der Waals surface area contributed by atoms with Gasteiger partial charge in [0.15, 0.2) is 5.69 Å². The van der Waals surface area contributed by atoms with Crippen molar-refractivity contribution in [2.45, 2.75) is 13.5 Å². The number of aromatic nitrogens is 1. The minimum Gasteiger partial charge on any atom is -0.507 e. The highest BCUT2D eigenvalue weighted by Gasteiger charge is 2.17. The molecule has 0 aliphatic heterocycles. The van der Waals surface area contributed by atoms with E-state index in [4.69, 9.17) is 0 Å². The van der Waals surface area contributed by atoms with Crippen molar-refractivity contribution in [1.82, 2.24) is 4.98 Å². The standard InChI is InChI=1S/C18H16N2O3/c1-11-15(18(22)23)20-16-13(17(11)21)8-5-9-14(16)19-10-12-6-3-2-4-7-12/h2-9,19H,10H2,1H3,(H,20,21)(H,22,23). The van der Waals surface area contributed by atoms with Gasteiger partial charge in [0.2, 0.25) is 0 Å². The Balaban J connectivity index is 2.05. The molecule has 0 unspecified atom stereocenters. The summed E-state index contributed by atoms with van der Waals surface area (Å²) in [5, 5.41) is 23.3. The van der Waals surface area contributed by atoms with Gasteiger partial charge in [-0.2, -0.15) is 0 Å². The van der Waals surface area contributed by atoms with Crippen molar-refractivity contribution in [2.75, 3.05) is 5.32 Å². The molecule has 0 atom stereocenters. The number of carbonyl (C=O) groups is 1. The Bertz CT molecular complexity index is 876. The maximum Gasteiger partial charge on any atom is 0.354 e. The molecule has 0 fully saturated rings. The van der Waals surface area contributed by atoms with Gasteiger partial charge in [-0.25, -0.2) is 9.78 Å². The molecule has 2 aromatic carbocycles. The monoisotopic (exact) mass is 308 g/mol. The van der Waals surface area contributed by atoms with Gasteiger partial charge in [0.05, 0.1) is 11.2 Å². The molecule has 1 aromatic heterocycles. The van der Waals surface area contributed by atoms with Gasteiger partial charge in [-0.1, -0.05) is 36.4 Å². The number of carboxylic acids is 1. The highest BCUT2D eigenvalue weighted by atomic mass is 16.4. The van der Waals surface area contributed by atoms with Gasteiger partial charge >= 0.3 is 5.97 Å². The lowest BCUT2D eigenvalue weighted by Gasteiger charge is -2.12. The molecule has 3 N–H and O–H groups in total. The van der Waals surface area contributed by atoms with Crippen LogP contribution in [-0.4, -0.2) is 21.2 Å². The predicted octanol–water partition coefficient (Wildman–Crippen LogP) is 3.56. The van der Waals surface area contributed by atoms with Crippen LogP contribution >= 0.6 is 0 Å². The molecule has 23 heavy (non-hydrogen) atoms. The Morgan fingerprint density at radius 3 is 2.57 bits per heavy atom. The number of benzene rings is 2. The van der Waals surface area contributed by atoms with Crippen LogP contribution in [-0.2, 0) is 6.54 Å². The summed E-state index contributed by atoms with van der Waals surface area (Å²) < 4.78 is 0. The van der Waals surface area contributed by atoms with E-state index in [1.165, 1.54) is 0 Å². The van der Waals surface area contributed by atoms with E-state index in [0.717, 1.165) is 5.56 Å². The minimum atomic E-state index is -1.16. The average Bonchev–Trinajstić information content (AvgIpc) is 2.56. The Hall–Kier alpha value is -3.08. The van der Waals surface area contributed by atoms with Crippen LogP contribution in [0.15, 0.2) is 48.5 Å². The van der Waals surface area contributed by atoms with Crippen LogP contribution in [0.25, 0.3) is 10.9 Å². The minimum absolute atomic E-state index is 0.0456. The zero-order valence-corrected chi connectivity index (χ0v) is 12.6. The molecule has 0 bridgehead atoms. The number of nitrogens with one attached hydrogen (secondary N) is 1. The van der Waals surface area contributed by atoms with Crippen molar-refractivity contribution in [3.05, 3.63) is 65.4 Å². The van der Waals surface area contributed by atoms with Crippen LogP contribution in [0.1, 0.15) is 21.6 Å². The van der Waals surface area contributed by atoms with E-state index in [1.807, 2.05) is 36.4 Å². The fourth-order valence-electron chi connectivity index (χ4n) is 2.51. The molecule has 0 radical (unpaired) electrons. The average molecular weight is 308 g/mol. The van der Waals surface area contributed by atoms with E-state index >= 15 is 0 Å². The van der Waals surface area contributed by atoms with E-state index in [9.17, 15) is 15.0 Å². The lowest BCUT2D eigenvalue weighted by molar-refractivity contribution is 0.0689. The van der Waals surface area contributed by atoms with Crippen molar-refractivity contribution in [2.24, 2.45) is 0 Å². The number of para-hydroxylation sites is 1. The second kappa shape index (κ2) is 5.96. The first-order chi connectivity index (χ1) is 11.1. The molecular weight excluding hydrogens is 292 g/mol. The fraction of sp³-hybridized carbons (Fsp3) is 0.111. The normalized spacial score (nSPS) is 10.7. The summed E-state index contributed by atoms with van der Waals surface area (Å²) >= 11 is 0. The van der Waals surface area contributed by atoms with Gasteiger partial charge in [0.1, 0.15) is 5.75 Å². The maximum atomic E-state index is 11.3. The van der Waals surface area contributed by atoms with Crippen LogP contribution in [0, 0.1) is 6.92 Å². The van der Waals surface area contributed by atoms with Crippen LogP contribution in [0.3, 0.4) is 0 Å². The Kier molecular flexibility index (Phi) is 3.85. The molecule has 3 rings (SSSR count). The maximum absolute atomic E-state index is 11.3. The topological polar surface area (TPSA) is 82.5 Å². The predicted molar refractivity (Wildman–Crippen MR) is 88.9 cm³/mol. The largest absolute Gasteiger partial charge is 0.507 e. The SMILES string of the molecule is Cc1c(C(=O)O)nc2c(NCc3ccccc3)cccc2c1O. The summed E-state index contributed by atoms with van der Waals surface area (Å²) in [7, 11) is 0. The summed E-state index contributed by atoms with van der Waals surface area (Å²) in [5.74, 6) is -1.20. The molecule has 0 saturated heterocycles. The molecule has 5 nitrogen and oxygen atoms in total. The van der Waals surface area contributed by atoms with Crippen LogP contribution in [0.4, 0.5) is 5.69 Å². The third-order valence-electron chi connectivity index (χ3n) is 3.75. The molecule has 1 heterocycles. The smallest absolute Gasteiger partial charge is 0.354 e. The Morgan fingerprint density at radius 2 is 1.87 bits per heavy atom. The molecule has 0 amide bonds. The van der Waals surface area contributed by atoms with E-state index in [1.54, 1.807) is 19.1 Å². The van der Waals surface area contributed by atoms with Gasteiger partial charge in [-0.05, 0) is 24.6 Å². The zero-order chi connectivity index (χ0) is 16.4. The van der Waals surface area contributed by atoms with Gasteiger partial charge in [0.25, 0.3) is 0 Å². The van der Waals surface area contributed by atoms with Crippen molar-refractivity contribution in [3.8, 4) is 5.75 Å². The van der Waals surface area contributed by atoms with Gasteiger partial charge < -0.3 is 15.5 Å². The summed E-state index contributed by atoms with van der Waals surface area (Å²) in [6.07, 6.45) is 0. The molecule has 0 saturated carbocycles. The molecule has 5 heteroatoms. The highest BCUT2D eigenvalue weighted by molar-refractivity contribution is 5.99. The number of hydrogen-bond donors (Lipinski definition) is 3. The summed E-state index contributed by atoms with van der Waals surface area (Å²) in [6.45, 7) is 2.13. The number of fused-ring (bicyclic) bond motifs is 1. The number of nitrogens with zero attached hydrogens (tertiary/aromatic N) is 1. The van der Waals surface area contributed by atoms with Crippen molar-refractivity contribution in [1.29, 1.82) is 0 Å². The number of carboxylic acid groups (broad SMARTS) is 1. The van der Waals surface area contributed by atoms with Crippen molar-refractivity contribution < 1.29 is 15.0 Å². The fourth-order valence-corrected chi connectivity index (χ4v) is 2.51. The van der Waals surface area contributed by atoms with Crippen LogP contribution in [0.2, 0.25) is 0 Å². The van der Waals surface area contributed by atoms with E-state index in [-0.39, 0.29) is 17.0 Å². The summed E-state index contributed by atoms with van der Waals surface area (Å²) in [4.78, 5) is 15.5. The number of hydrogen-bond acceptors (Lipinski definition) is 4. The number of aromatic carboxylic acids is 1. The number of rotatable bonds is 4. The quantitative estimate of drug-likeness (QED) is 0.686. The van der Waals surface area contributed by atoms with Crippen molar-refractivity contribution in [3.63, 3.8) is 0 Å². The Labute approximate surface area is 133 Å². The summed E-state index contributed by atoms with van der Waals surface area (Å²) in [5.41, 5.74) is 2.36. The first-order valence-corrected chi connectivity index (χ1v) is 7.21. The number of aromatic hydroxyl groups is 1. The lowest BCUT2D eigenvalue weighted by Crippen LogP contribution is -2.06. The number of anilines is 1. The van der Waals surface area contributed by atoms with Gasteiger partial charge in [-0.15, -0.1) is 0 Å². The van der Waals surface area contributed by atoms with Gasteiger partial charge in [0, 0.05) is 17.5 Å². The molecular formula is C18H16N2O3. The second-order valence-corrected chi connectivity index (χ2v) is 5.28. The first-order valence-electron chi connectivity index (χ1n) is 7.21. The number of pyridine rings is 1. The third kappa shape index (κ3) is 2.81. The lowest BCUT2D eigenvalue weighted by atomic mass is 10.1. The van der Waals surface area contributed by atoms with Crippen molar-refractivity contribution >= 4 is 22.6 Å². The molecule has 0 aliphatic carbocycles. The van der Waals surface area contributed by atoms with Crippen LogP contribution in [0.5, 0.6) is 5.75 Å². The van der Waals surface area contributed by atoms with E-state index in [0.29, 0.717) is 23.1 Å². The molecule has 0 aliphatic rings. The first kappa shape index (κ1) is 14.8. The molecule has 0 spiro atoms. The molecule has 3 aromatic rings. The third-order valence-corrected chi connectivity index (χ3v) is 3.75. The van der Waals surface area contributed by atoms with Gasteiger partial charge in [-0.3, -0.25) is 0 Å². The zero-order valence-electron chi connectivity index (χ0n) is 12.6. The van der Waals surface area contributed by atoms with E-state index in [2.05, 4.69) is 10.3 Å². The highest BCUT2D eigenvalue weighted by Crippen LogP contribution is 2.33. The van der Waals surface area contributed by atoms with Crippen LogP contribution < -0.4 is 5.32 Å². The Morgan fingerprint density at radius 1 is 1.13 bits per heavy atom. The molecule has 116 valence electrons. The van der Waals surface area contributed by atoms with E-state index < -0.39 is 5.97 Å². The summed E-state index contributed by atoms with van der Waals surface area (Å²) in [6, 6.07) is 15.2.